The third-order valence-corrected chi connectivity index (χ3v) is 3.32. The van der Waals surface area contributed by atoms with Crippen LogP contribution in [0.25, 0.3) is 0 Å². The van der Waals surface area contributed by atoms with Crippen molar-refractivity contribution in [3.8, 4) is 11.5 Å². The van der Waals surface area contributed by atoms with Crippen molar-refractivity contribution in [2.24, 2.45) is 0 Å². The van der Waals surface area contributed by atoms with Gasteiger partial charge in [0.05, 0.1) is 19.3 Å². The van der Waals surface area contributed by atoms with E-state index < -0.39 is 5.97 Å². The standard InChI is InChI=1S/C18H27NO5/c1-5-7-13(3)19-17(20)12-24-18(21)14-8-9-15(23-10-6-2)16(11-14)22-4/h8-9,11,13H,5-7,10,12H2,1-4H3,(H,19,20)/t13-/m0/s1. The maximum atomic E-state index is 12.1. The van der Waals surface area contributed by atoms with E-state index in [1.165, 1.54) is 7.11 Å². The lowest BCUT2D eigenvalue weighted by atomic mass is 10.2. The highest BCUT2D eigenvalue weighted by molar-refractivity contribution is 5.92. The predicted octanol–water partition coefficient (Wildman–Crippen LogP) is 2.95. The SMILES string of the molecule is CCCOc1ccc(C(=O)OCC(=O)N[C@@H](C)CCC)cc1OC. The first kappa shape index (κ1) is 19.8. The summed E-state index contributed by atoms with van der Waals surface area (Å²) >= 11 is 0. The third kappa shape index (κ3) is 6.48. The number of amides is 1. The Kier molecular flexibility index (Phi) is 8.68. The first-order valence-corrected chi connectivity index (χ1v) is 8.29. The monoisotopic (exact) mass is 337 g/mol. The van der Waals surface area contributed by atoms with Gasteiger partial charge in [-0.3, -0.25) is 4.79 Å². The number of carbonyl (C=O) groups excluding carboxylic acids is 2. The Morgan fingerprint density at radius 3 is 2.54 bits per heavy atom. The fourth-order valence-corrected chi connectivity index (χ4v) is 2.16. The summed E-state index contributed by atoms with van der Waals surface area (Å²) in [5.41, 5.74) is 0.310. The summed E-state index contributed by atoms with van der Waals surface area (Å²) in [5, 5.41) is 2.78. The molecular weight excluding hydrogens is 310 g/mol. The van der Waals surface area contributed by atoms with E-state index in [0.29, 0.717) is 23.7 Å². The molecule has 1 rings (SSSR count). The molecule has 0 heterocycles. The Morgan fingerprint density at radius 1 is 1.17 bits per heavy atom. The molecule has 6 nitrogen and oxygen atoms in total. The van der Waals surface area contributed by atoms with Crippen LogP contribution in [0.4, 0.5) is 0 Å². The van der Waals surface area contributed by atoms with Crippen molar-refractivity contribution in [2.45, 2.75) is 46.1 Å². The van der Waals surface area contributed by atoms with Crippen LogP contribution in [0.1, 0.15) is 50.4 Å². The molecule has 0 bridgehead atoms. The molecule has 0 unspecified atom stereocenters. The van der Waals surface area contributed by atoms with Crippen molar-refractivity contribution < 1.29 is 23.8 Å². The normalized spacial score (nSPS) is 11.5. The smallest absolute Gasteiger partial charge is 0.338 e. The number of carbonyl (C=O) groups is 2. The molecule has 1 aromatic carbocycles. The van der Waals surface area contributed by atoms with Gasteiger partial charge in [0, 0.05) is 6.04 Å². The highest BCUT2D eigenvalue weighted by atomic mass is 16.5. The van der Waals surface area contributed by atoms with Crippen molar-refractivity contribution in [3.05, 3.63) is 23.8 Å². The third-order valence-electron chi connectivity index (χ3n) is 3.32. The van der Waals surface area contributed by atoms with E-state index >= 15 is 0 Å². The van der Waals surface area contributed by atoms with Gasteiger partial charge in [0.25, 0.3) is 5.91 Å². The number of hydrogen-bond donors (Lipinski definition) is 1. The molecule has 0 saturated heterocycles. The summed E-state index contributed by atoms with van der Waals surface area (Å²) in [7, 11) is 1.51. The first-order valence-electron chi connectivity index (χ1n) is 8.29. The van der Waals surface area contributed by atoms with Crippen molar-refractivity contribution in [1.82, 2.24) is 5.32 Å². The lowest BCUT2D eigenvalue weighted by molar-refractivity contribution is -0.124. The molecular formula is C18H27NO5. The van der Waals surface area contributed by atoms with Gasteiger partial charge >= 0.3 is 5.97 Å². The zero-order valence-electron chi connectivity index (χ0n) is 14.9. The number of benzene rings is 1. The highest BCUT2D eigenvalue weighted by Gasteiger charge is 2.14. The van der Waals surface area contributed by atoms with E-state index in [2.05, 4.69) is 5.32 Å². The van der Waals surface area contributed by atoms with E-state index in [4.69, 9.17) is 14.2 Å². The van der Waals surface area contributed by atoms with Gasteiger partial charge in [-0.1, -0.05) is 20.3 Å². The van der Waals surface area contributed by atoms with Crippen LogP contribution >= 0.6 is 0 Å². The Morgan fingerprint density at radius 2 is 1.92 bits per heavy atom. The molecule has 1 amide bonds. The fraction of sp³-hybridized carbons (Fsp3) is 0.556. The van der Waals surface area contributed by atoms with Crippen LogP contribution in [-0.4, -0.2) is 38.2 Å². The van der Waals surface area contributed by atoms with E-state index in [-0.39, 0.29) is 18.6 Å². The Labute approximate surface area is 143 Å². The van der Waals surface area contributed by atoms with Crippen LogP contribution in [0.3, 0.4) is 0 Å². The lowest BCUT2D eigenvalue weighted by Crippen LogP contribution is -2.35. The molecule has 0 radical (unpaired) electrons. The molecule has 0 saturated carbocycles. The van der Waals surface area contributed by atoms with Crippen LogP contribution in [0.5, 0.6) is 11.5 Å². The summed E-state index contributed by atoms with van der Waals surface area (Å²) in [6.07, 6.45) is 2.74. The van der Waals surface area contributed by atoms with Gasteiger partial charge in [-0.05, 0) is 38.0 Å². The van der Waals surface area contributed by atoms with Crippen molar-refractivity contribution in [2.75, 3.05) is 20.3 Å². The number of esters is 1. The molecule has 1 N–H and O–H groups in total. The Bertz CT molecular complexity index is 544. The average Bonchev–Trinajstić information content (AvgIpc) is 2.57. The fourth-order valence-electron chi connectivity index (χ4n) is 2.16. The minimum atomic E-state index is -0.575. The molecule has 6 heteroatoms. The average molecular weight is 337 g/mol. The molecule has 0 fully saturated rings. The van der Waals surface area contributed by atoms with Crippen molar-refractivity contribution >= 4 is 11.9 Å². The summed E-state index contributed by atoms with van der Waals surface area (Å²) in [4.78, 5) is 23.8. The molecule has 1 atom stereocenters. The second-order valence-corrected chi connectivity index (χ2v) is 5.55. The molecule has 0 aliphatic rings. The zero-order chi connectivity index (χ0) is 17.9. The minimum absolute atomic E-state index is 0.0660. The van der Waals surface area contributed by atoms with Crippen LogP contribution in [0.2, 0.25) is 0 Å². The van der Waals surface area contributed by atoms with Crippen LogP contribution in [0.15, 0.2) is 18.2 Å². The van der Waals surface area contributed by atoms with E-state index in [1.807, 2.05) is 20.8 Å². The second kappa shape index (κ2) is 10.5. The van der Waals surface area contributed by atoms with Crippen LogP contribution in [0, 0.1) is 0 Å². The summed E-state index contributed by atoms with van der Waals surface area (Å²) in [6.45, 7) is 6.23. The van der Waals surface area contributed by atoms with Gasteiger partial charge in [-0.15, -0.1) is 0 Å². The summed E-state index contributed by atoms with van der Waals surface area (Å²) < 4.78 is 15.8. The second-order valence-electron chi connectivity index (χ2n) is 5.55. The number of methoxy groups -OCH3 is 1. The van der Waals surface area contributed by atoms with E-state index in [9.17, 15) is 9.59 Å². The largest absolute Gasteiger partial charge is 0.493 e. The maximum Gasteiger partial charge on any atom is 0.338 e. The molecule has 0 aliphatic carbocycles. The van der Waals surface area contributed by atoms with Crippen LogP contribution < -0.4 is 14.8 Å². The van der Waals surface area contributed by atoms with Gasteiger partial charge in [-0.25, -0.2) is 4.79 Å². The van der Waals surface area contributed by atoms with Crippen LogP contribution in [-0.2, 0) is 9.53 Å². The molecule has 1 aromatic rings. The number of rotatable bonds is 10. The van der Waals surface area contributed by atoms with Gasteiger partial charge in [0.2, 0.25) is 0 Å². The molecule has 0 aromatic heterocycles. The van der Waals surface area contributed by atoms with Crippen molar-refractivity contribution in [3.63, 3.8) is 0 Å². The first-order chi connectivity index (χ1) is 11.5. The number of ether oxygens (including phenoxy) is 3. The van der Waals surface area contributed by atoms with Gasteiger partial charge in [0.1, 0.15) is 0 Å². The summed E-state index contributed by atoms with van der Waals surface area (Å²) in [5.74, 6) is 0.147. The maximum absolute atomic E-state index is 12.1. The quantitative estimate of drug-likeness (QED) is 0.665. The number of nitrogens with one attached hydrogen (secondary N) is 1. The van der Waals surface area contributed by atoms with Gasteiger partial charge in [0.15, 0.2) is 18.1 Å². The highest BCUT2D eigenvalue weighted by Crippen LogP contribution is 2.28. The zero-order valence-corrected chi connectivity index (χ0v) is 14.9. The summed E-state index contributed by atoms with van der Waals surface area (Å²) in [6, 6.07) is 4.86. The minimum Gasteiger partial charge on any atom is -0.493 e. The van der Waals surface area contributed by atoms with Gasteiger partial charge < -0.3 is 19.5 Å². The molecule has 0 spiro atoms. The number of hydrogen-bond acceptors (Lipinski definition) is 5. The molecule has 24 heavy (non-hydrogen) atoms. The molecule has 0 aliphatic heterocycles. The van der Waals surface area contributed by atoms with Gasteiger partial charge in [-0.2, -0.15) is 0 Å². The molecule has 134 valence electrons. The Balaban J connectivity index is 2.59. The Hall–Kier alpha value is -2.24. The lowest BCUT2D eigenvalue weighted by Gasteiger charge is -2.13. The van der Waals surface area contributed by atoms with E-state index in [0.717, 1.165) is 19.3 Å². The predicted molar refractivity (Wildman–Crippen MR) is 91.6 cm³/mol. The topological polar surface area (TPSA) is 73.9 Å². The van der Waals surface area contributed by atoms with Crippen molar-refractivity contribution in [1.29, 1.82) is 0 Å². The van der Waals surface area contributed by atoms with E-state index in [1.54, 1.807) is 18.2 Å².